The fraction of sp³-hybridized carbons (Fsp3) is 0.571. The number of aliphatic hydroxyl groups is 1. The second-order valence-electron chi connectivity index (χ2n) is 7.82. The number of aliphatic hydroxyl groups excluding tert-OH is 1. The third-order valence-electron chi connectivity index (χ3n) is 6.83. The van der Waals surface area contributed by atoms with Gasteiger partial charge in [0.2, 0.25) is 12.5 Å². The van der Waals surface area contributed by atoms with Gasteiger partial charge in [0.05, 0.1) is 13.2 Å². The number of benzene rings is 1. The SMILES string of the molecule is C=CCC12CC(=O)C(OC)C(C(c3cc(OC)c4c(c3)OCO4)C1C)C2O. The van der Waals surface area contributed by atoms with E-state index in [4.69, 9.17) is 18.9 Å². The molecule has 27 heavy (non-hydrogen) atoms. The summed E-state index contributed by atoms with van der Waals surface area (Å²) in [5.41, 5.74) is 0.447. The molecule has 0 amide bonds. The van der Waals surface area contributed by atoms with Gasteiger partial charge < -0.3 is 24.1 Å². The Hall–Kier alpha value is -2.05. The van der Waals surface area contributed by atoms with E-state index in [-0.39, 0.29) is 30.3 Å². The van der Waals surface area contributed by atoms with Crippen LogP contribution in [-0.4, -0.2) is 44.1 Å². The van der Waals surface area contributed by atoms with Gasteiger partial charge >= 0.3 is 0 Å². The number of Topliss-reactive ketones (excluding diaryl/α,β-unsaturated/α-hetero) is 1. The van der Waals surface area contributed by atoms with Crippen LogP contribution in [0, 0.1) is 17.3 Å². The van der Waals surface area contributed by atoms with E-state index < -0.39 is 17.6 Å². The summed E-state index contributed by atoms with van der Waals surface area (Å²) in [6, 6.07) is 3.87. The molecule has 6 nitrogen and oxygen atoms in total. The van der Waals surface area contributed by atoms with Crippen molar-refractivity contribution in [2.24, 2.45) is 17.3 Å². The molecule has 1 N–H and O–H groups in total. The molecule has 4 rings (SSSR count). The summed E-state index contributed by atoms with van der Waals surface area (Å²) in [6.07, 6.45) is 1.43. The fourth-order valence-corrected chi connectivity index (χ4v) is 5.59. The van der Waals surface area contributed by atoms with E-state index in [1.54, 1.807) is 13.2 Å². The van der Waals surface area contributed by atoms with Crippen molar-refractivity contribution in [3.8, 4) is 17.2 Å². The maximum absolute atomic E-state index is 12.8. The van der Waals surface area contributed by atoms with Crippen LogP contribution >= 0.6 is 0 Å². The fourth-order valence-electron chi connectivity index (χ4n) is 5.59. The molecule has 0 saturated heterocycles. The third-order valence-corrected chi connectivity index (χ3v) is 6.83. The Bertz CT molecular complexity index is 774. The molecule has 146 valence electrons. The third kappa shape index (κ3) is 2.43. The maximum atomic E-state index is 12.8. The molecule has 2 aliphatic carbocycles. The van der Waals surface area contributed by atoms with Crippen molar-refractivity contribution in [3.05, 3.63) is 30.4 Å². The Labute approximate surface area is 159 Å². The van der Waals surface area contributed by atoms with Crippen molar-refractivity contribution in [1.82, 2.24) is 0 Å². The quantitative estimate of drug-likeness (QED) is 0.799. The molecule has 1 heterocycles. The van der Waals surface area contributed by atoms with E-state index in [2.05, 4.69) is 13.5 Å². The van der Waals surface area contributed by atoms with Crippen LogP contribution in [0.15, 0.2) is 24.8 Å². The molecule has 3 aliphatic rings. The predicted molar refractivity (Wildman–Crippen MR) is 98.2 cm³/mol. The largest absolute Gasteiger partial charge is 0.493 e. The minimum absolute atomic E-state index is 0.0525. The van der Waals surface area contributed by atoms with E-state index in [0.29, 0.717) is 30.1 Å². The van der Waals surface area contributed by atoms with E-state index in [1.165, 1.54) is 7.11 Å². The molecule has 6 atom stereocenters. The van der Waals surface area contributed by atoms with Crippen molar-refractivity contribution in [2.45, 2.75) is 37.9 Å². The lowest BCUT2D eigenvalue weighted by atomic mass is 9.66. The van der Waals surface area contributed by atoms with Crippen LogP contribution in [0.4, 0.5) is 0 Å². The number of hydrogen-bond acceptors (Lipinski definition) is 6. The van der Waals surface area contributed by atoms with Crippen LogP contribution < -0.4 is 14.2 Å². The van der Waals surface area contributed by atoms with Crippen LogP contribution in [0.3, 0.4) is 0 Å². The Morgan fingerprint density at radius 1 is 1.37 bits per heavy atom. The predicted octanol–water partition coefficient (Wildman–Crippen LogP) is 2.68. The lowest BCUT2D eigenvalue weighted by Crippen LogP contribution is -2.50. The van der Waals surface area contributed by atoms with Crippen molar-refractivity contribution >= 4 is 5.78 Å². The Balaban J connectivity index is 1.85. The lowest BCUT2D eigenvalue weighted by Gasteiger charge is -2.41. The molecule has 0 spiro atoms. The van der Waals surface area contributed by atoms with Crippen LogP contribution in [0.5, 0.6) is 17.2 Å². The monoisotopic (exact) mass is 374 g/mol. The lowest BCUT2D eigenvalue weighted by molar-refractivity contribution is -0.149. The van der Waals surface area contributed by atoms with E-state index in [9.17, 15) is 9.90 Å². The van der Waals surface area contributed by atoms with Gasteiger partial charge in [-0.2, -0.15) is 0 Å². The first kappa shape index (κ1) is 18.3. The average Bonchev–Trinajstić information content (AvgIpc) is 3.17. The molecule has 1 aliphatic heterocycles. The summed E-state index contributed by atoms with van der Waals surface area (Å²) in [6.45, 7) is 6.13. The first-order valence-electron chi connectivity index (χ1n) is 9.30. The molecule has 1 aromatic rings. The van der Waals surface area contributed by atoms with E-state index in [1.807, 2.05) is 12.1 Å². The standard InChI is InChI=1S/C21H26O6/c1-5-6-21-9-13(22)18(25-4)17(20(21)23)16(11(21)2)12-7-14(24-3)19-15(8-12)26-10-27-19/h5,7-8,11,16-18,20,23H,1,6,9-10H2,2-4H3. The minimum Gasteiger partial charge on any atom is -0.493 e. The molecule has 2 fully saturated rings. The molecule has 6 unspecified atom stereocenters. The summed E-state index contributed by atoms with van der Waals surface area (Å²) in [4.78, 5) is 12.8. The summed E-state index contributed by atoms with van der Waals surface area (Å²) in [5.74, 6) is 1.54. The Kier molecular flexibility index (Phi) is 4.43. The molecule has 2 saturated carbocycles. The summed E-state index contributed by atoms with van der Waals surface area (Å²) < 4.78 is 22.1. The summed E-state index contributed by atoms with van der Waals surface area (Å²) in [5, 5.41) is 11.3. The first-order valence-corrected chi connectivity index (χ1v) is 9.30. The molecular formula is C21H26O6. The minimum atomic E-state index is -0.644. The number of ether oxygens (including phenoxy) is 4. The van der Waals surface area contributed by atoms with Gasteiger partial charge in [-0.05, 0) is 36.0 Å². The zero-order valence-electron chi connectivity index (χ0n) is 15.9. The van der Waals surface area contributed by atoms with Crippen LogP contribution in [-0.2, 0) is 9.53 Å². The normalized spacial score (nSPS) is 36.7. The number of carbonyl (C=O) groups excluding carboxylic acids is 1. The van der Waals surface area contributed by atoms with Gasteiger partial charge in [0.1, 0.15) is 6.10 Å². The van der Waals surface area contributed by atoms with Crippen molar-refractivity contribution in [3.63, 3.8) is 0 Å². The highest BCUT2D eigenvalue weighted by molar-refractivity contribution is 5.86. The van der Waals surface area contributed by atoms with Crippen molar-refractivity contribution < 1.29 is 28.8 Å². The molecular weight excluding hydrogens is 348 g/mol. The molecule has 0 radical (unpaired) electrons. The molecule has 0 aromatic heterocycles. The van der Waals surface area contributed by atoms with E-state index in [0.717, 1.165) is 5.56 Å². The van der Waals surface area contributed by atoms with Crippen LogP contribution in [0.1, 0.15) is 31.2 Å². The number of methoxy groups -OCH3 is 2. The highest BCUT2D eigenvalue weighted by Gasteiger charge is 2.65. The number of fused-ring (bicyclic) bond motifs is 3. The summed E-state index contributed by atoms with van der Waals surface area (Å²) >= 11 is 0. The van der Waals surface area contributed by atoms with E-state index >= 15 is 0 Å². The zero-order valence-corrected chi connectivity index (χ0v) is 15.9. The number of ketones is 1. The smallest absolute Gasteiger partial charge is 0.231 e. The second kappa shape index (κ2) is 6.53. The van der Waals surface area contributed by atoms with Gasteiger partial charge in [-0.15, -0.1) is 6.58 Å². The second-order valence-corrected chi connectivity index (χ2v) is 7.82. The molecule has 1 aromatic carbocycles. The van der Waals surface area contributed by atoms with Gasteiger partial charge in [-0.25, -0.2) is 0 Å². The highest BCUT2D eigenvalue weighted by Crippen LogP contribution is 2.63. The zero-order chi connectivity index (χ0) is 19.3. The Morgan fingerprint density at radius 2 is 2.15 bits per heavy atom. The van der Waals surface area contributed by atoms with Gasteiger partial charge in [0.15, 0.2) is 17.3 Å². The van der Waals surface area contributed by atoms with Gasteiger partial charge in [-0.3, -0.25) is 4.79 Å². The number of rotatable bonds is 5. The number of carbonyl (C=O) groups is 1. The van der Waals surface area contributed by atoms with Gasteiger partial charge in [0.25, 0.3) is 0 Å². The first-order chi connectivity index (χ1) is 13.0. The van der Waals surface area contributed by atoms with Gasteiger partial charge in [0, 0.05) is 24.9 Å². The highest BCUT2D eigenvalue weighted by atomic mass is 16.7. The van der Waals surface area contributed by atoms with Crippen LogP contribution in [0.2, 0.25) is 0 Å². The number of hydrogen-bond donors (Lipinski definition) is 1. The van der Waals surface area contributed by atoms with Crippen LogP contribution in [0.25, 0.3) is 0 Å². The Morgan fingerprint density at radius 3 is 2.81 bits per heavy atom. The average molecular weight is 374 g/mol. The molecule has 2 bridgehead atoms. The van der Waals surface area contributed by atoms with Crippen molar-refractivity contribution in [2.75, 3.05) is 21.0 Å². The topological polar surface area (TPSA) is 74.2 Å². The molecule has 6 heteroatoms. The maximum Gasteiger partial charge on any atom is 0.231 e. The number of allylic oxidation sites excluding steroid dienone is 1. The van der Waals surface area contributed by atoms with Crippen molar-refractivity contribution in [1.29, 1.82) is 0 Å². The van der Waals surface area contributed by atoms with Gasteiger partial charge in [-0.1, -0.05) is 13.0 Å². The summed E-state index contributed by atoms with van der Waals surface area (Å²) in [7, 11) is 3.13.